The van der Waals surface area contributed by atoms with Gasteiger partial charge >= 0.3 is 0 Å². The largest absolute Gasteiger partial charge is 0.239 e. The van der Waals surface area contributed by atoms with E-state index in [4.69, 9.17) is 9.97 Å². The van der Waals surface area contributed by atoms with Gasteiger partial charge in [0, 0.05) is 26.0 Å². The molecule has 4 heteroatoms. The van der Waals surface area contributed by atoms with Crippen LogP contribution in [-0.4, -0.2) is 9.97 Å². The molecule has 2 aromatic rings. The molecule has 3 rings (SSSR count). The second kappa shape index (κ2) is 4.17. The van der Waals surface area contributed by atoms with E-state index in [-0.39, 0.29) is 16.2 Å². The summed E-state index contributed by atoms with van der Waals surface area (Å²) in [6, 6.07) is 0. The molecular weight excluding hydrogens is 296 g/mol. The Morgan fingerprint density at radius 2 is 1.05 bits per heavy atom. The minimum Gasteiger partial charge on any atom is -0.239 e. The van der Waals surface area contributed by atoms with Crippen LogP contribution in [0.3, 0.4) is 0 Å². The summed E-state index contributed by atoms with van der Waals surface area (Å²) in [4.78, 5) is 12.7. The highest BCUT2D eigenvalue weighted by Gasteiger charge is 2.44. The highest BCUT2D eigenvalue weighted by Crippen LogP contribution is 2.54. The lowest BCUT2D eigenvalue weighted by Crippen LogP contribution is -2.13. The van der Waals surface area contributed by atoms with Crippen LogP contribution < -0.4 is 0 Å². The Balaban J connectivity index is 2.21. The number of fused-ring (bicyclic) bond motifs is 3. The first-order valence-corrected chi connectivity index (χ1v) is 9.09. The lowest BCUT2D eigenvalue weighted by atomic mass is 9.94. The number of hydrogen-bond donors (Lipinski definition) is 0. The van der Waals surface area contributed by atoms with Crippen molar-refractivity contribution in [2.45, 2.75) is 71.6 Å². The van der Waals surface area contributed by atoms with Gasteiger partial charge in [0.2, 0.25) is 0 Å². The molecule has 2 nitrogen and oxygen atoms in total. The lowest BCUT2D eigenvalue weighted by molar-refractivity contribution is 0.583. The van der Waals surface area contributed by atoms with Gasteiger partial charge in [-0.3, -0.25) is 0 Å². The predicted octanol–water partition coefficient (Wildman–Crippen LogP) is 5.50. The van der Waals surface area contributed by atoms with Gasteiger partial charge in [-0.05, 0) is 13.8 Å². The van der Waals surface area contributed by atoms with Crippen molar-refractivity contribution < 1.29 is 0 Å². The summed E-state index contributed by atoms with van der Waals surface area (Å²) in [5.41, 5.74) is 2.53. The number of nitrogens with zero attached hydrogens (tertiary/aromatic N) is 2. The van der Waals surface area contributed by atoms with Crippen LogP contribution >= 0.6 is 22.7 Å². The van der Waals surface area contributed by atoms with Gasteiger partial charge in [0.15, 0.2) is 0 Å². The van der Waals surface area contributed by atoms with E-state index >= 15 is 0 Å². The molecule has 1 aliphatic rings. The van der Waals surface area contributed by atoms with Crippen molar-refractivity contribution in [3.63, 3.8) is 0 Å². The highest BCUT2D eigenvalue weighted by molar-refractivity contribution is 7.14. The third kappa shape index (κ3) is 2.18. The molecule has 0 saturated carbocycles. The Morgan fingerprint density at radius 3 is 1.33 bits per heavy atom. The van der Waals surface area contributed by atoms with Gasteiger partial charge < -0.3 is 0 Å². The van der Waals surface area contributed by atoms with Crippen molar-refractivity contribution in [1.82, 2.24) is 9.97 Å². The number of hydrogen-bond acceptors (Lipinski definition) is 4. The summed E-state index contributed by atoms with van der Waals surface area (Å²) in [7, 11) is 0. The van der Waals surface area contributed by atoms with E-state index in [9.17, 15) is 0 Å². The molecule has 2 aromatic heterocycles. The van der Waals surface area contributed by atoms with E-state index in [0.717, 1.165) is 11.4 Å². The molecule has 0 radical (unpaired) electrons. The molecule has 0 atom stereocenters. The molecule has 114 valence electrons. The molecule has 0 fully saturated rings. The Hall–Kier alpha value is -0.740. The first-order chi connectivity index (χ1) is 9.42. The fourth-order valence-electron chi connectivity index (χ4n) is 2.55. The van der Waals surface area contributed by atoms with Crippen LogP contribution in [0.25, 0.3) is 11.4 Å². The summed E-state index contributed by atoms with van der Waals surface area (Å²) in [6.45, 7) is 18.0. The standard InChI is InChI=1S/C17H24N2S2/c1-15(2,3)13-18-9-10-12(17(7,8)11(9)20-13)21-14(19-10)16(4,5)6/h1-8H3. The average molecular weight is 321 g/mol. The van der Waals surface area contributed by atoms with Crippen molar-refractivity contribution in [3.05, 3.63) is 19.8 Å². The molecule has 1 aliphatic carbocycles. The van der Waals surface area contributed by atoms with Crippen LogP contribution in [0.15, 0.2) is 0 Å². The predicted molar refractivity (Wildman–Crippen MR) is 92.8 cm³/mol. The highest BCUT2D eigenvalue weighted by atomic mass is 32.1. The van der Waals surface area contributed by atoms with Gasteiger partial charge in [0.05, 0.1) is 10.0 Å². The second-order valence-electron chi connectivity index (χ2n) is 8.52. The zero-order chi connectivity index (χ0) is 15.8. The minimum absolute atomic E-state index is 0.0486. The first kappa shape index (κ1) is 15.2. The van der Waals surface area contributed by atoms with E-state index < -0.39 is 0 Å². The number of thiazole rings is 2. The van der Waals surface area contributed by atoms with Crippen LogP contribution in [-0.2, 0) is 16.2 Å². The van der Waals surface area contributed by atoms with Crippen molar-refractivity contribution in [1.29, 1.82) is 0 Å². The molecule has 0 aromatic carbocycles. The van der Waals surface area contributed by atoms with E-state index in [1.807, 2.05) is 22.7 Å². The van der Waals surface area contributed by atoms with Crippen molar-refractivity contribution in [2.24, 2.45) is 0 Å². The normalized spacial score (nSPS) is 17.0. The van der Waals surface area contributed by atoms with E-state index in [2.05, 4.69) is 55.4 Å². The maximum Gasteiger partial charge on any atom is 0.105 e. The van der Waals surface area contributed by atoms with E-state index in [0.29, 0.717) is 0 Å². The Bertz CT molecular complexity index is 646. The Labute approximate surface area is 135 Å². The smallest absolute Gasteiger partial charge is 0.105 e. The van der Waals surface area contributed by atoms with E-state index in [1.165, 1.54) is 19.8 Å². The lowest BCUT2D eigenvalue weighted by Gasteiger charge is -2.19. The average Bonchev–Trinajstić information content (AvgIpc) is 2.94. The van der Waals surface area contributed by atoms with Crippen molar-refractivity contribution >= 4 is 22.7 Å². The van der Waals surface area contributed by atoms with Gasteiger partial charge in [0.1, 0.15) is 11.4 Å². The molecule has 0 N–H and O–H groups in total. The van der Waals surface area contributed by atoms with E-state index in [1.54, 1.807) is 0 Å². The topological polar surface area (TPSA) is 25.8 Å². The Morgan fingerprint density at radius 1 is 0.714 bits per heavy atom. The molecule has 21 heavy (non-hydrogen) atoms. The molecule has 0 saturated heterocycles. The third-order valence-electron chi connectivity index (χ3n) is 3.90. The maximum atomic E-state index is 4.96. The molecule has 2 heterocycles. The monoisotopic (exact) mass is 320 g/mol. The minimum atomic E-state index is 0.0486. The summed E-state index contributed by atoms with van der Waals surface area (Å²) in [5, 5.41) is 2.44. The zero-order valence-electron chi connectivity index (χ0n) is 14.2. The van der Waals surface area contributed by atoms with Gasteiger partial charge in [-0.25, -0.2) is 9.97 Å². The van der Waals surface area contributed by atoms with Crippen LogP contribution in [0.4, 0.5) is 0 Å². The molecule has 0 bridgehead atoms. The van der Waals surface area contributed by atoms with Gasteiger partial charge in [-0.15, -0.1) is 22.7 Å². The molecular formula is C17H24N2S2. The number of rotatable bonds is 0. The Kier molecular flexibility index (Phi) is 3.01. The molecule has 0 unspecified atom stereocenters. The number of aromatic nitrogens is 2. The maximum absolute atomic E-state index is 4.96. The zero-order valence-corrected chi connectivity index (χ0v) is 15.8. The quantitative estimate of drug-likeness (QED) is 0.640. The van der Waals surface area contributed by atoms with Gasteiger partial charge in [-0.2, -0.15) is 0 Å². The summed E-state index contributed by atoms with van der Waals surface area (Å²) < 4.78 is 0. The second-order valence-corrected chi connectivity index (χ2v) is 10.5. The van der Waals surface area contributed by atoms with Crippen LogP contribution in [0.2, 0.25) is 0 Å². The fourth-order valence-corrected chi connectivity index (χ4v) is 5.08. The molecule has 0 spiro atoms. The van der Waals surface area contributed by atoms with Crippen molar-refractivity contribution in [3.8, 4) is 11.4 Å². The van der Waals surface area contributed by atoms with Crippen LogP contribution in [0.5, 0.6) is 0 Å². The van der Waals surface area contributed by atoms with Gasteiger partial charge in [-0.1, -0.05) is 41.5 Å². The molecule has 0 amide bonds. The van der Waals surface area contributed by atoms with Gasteiger partial charge in [0.25, 0.3) is 0 Å². The summed E-state index contributed by atoms with van der Waals surface area (Å²) in [5.74, 6) is 0. The molecule has 0 aliphatic heterocycles. The van der Waals surface area contributed by atoms with Crippen LogP contribution in [0, 0.1) is 0 Å². The van der Waals surface area contributed by atoms with Crippen molar-refractivity contribution in [2.75, 3.05) is 0 Å². The van der Waals surface area contributed by atoms with Crippen LogP contribution in [0.1, 0.15) is 75.2 Å². The SMILES string of the molecule is CC(C)(C)c1nc2c(s1)C(C)(C)c1sc(C(C)(C)C)nc1-2. The first-order valence-electron chi connectivity index (χ1n) is 7.46. The third-order valence-corrected chi connectivity index (χ3v) is 7.51. The fraction of sp³-hybridized carbons (Fsp3) is 0.647. The summed E-state index contributed by atoms with van der Waals surface area (Å²) in [6.07, 6.45) is 0. The summed E-state index contributed by atoms with van der Waals surface area (Å²) >= 11 is 3.73.